The second-order valence-corrected chi connectivity index (χ2v) is 6.18. The zero-order valence-electron chi connectivity index (χ0n) is 14.8. The van der Waals surface area contributed by atoms with Crippen LogP contribution in [0.25, 0.3) is 0 Å². The van der Waals surface area contributed by atoms with Gasteiger partial charge >= 0.3 is 17.9 Å². The molecule has 1 saturated heterocycles. The normalized spacial score (nSPS) is 20.2. The summed E-state index contributed by atoms with van der Waals surface area (Å²) in [4.78, 5) is 35.3. The molecule has 8 heteroatoms. The number of carboxylic acid groups (broad SMARTS) is 1. The van der Waals surface area contributed by atoms with E-state index in [2.05, 4.69) is 10.6 Å². The average Bonchev–Trinajstić information content (AvgIpc) is 3.14. The van der Waals surface area contributed by atoms with Crippen LogP contribution in [0.1, 0.15) is 38.4 Å². The number of hydrogen-bond donors (Lipinski definition) is 3. The molecular weight excluding hydrogens is 340 g/mol. The van der Waals surface area contributed by atoms with Gasteiger partial charge in [0.2, 0.25) is 0 Å². The fraction of sp³-hybridized carbons (Fsp3) is 0.500. The predicted molar refractivity (Wildman–Crippen MR) is 92.1 cm³/mol. The Bertz CT molecular complexity index is 630. The van der Waals surface area contributed by atoms with Gasteiger partial charge in [-0.15, -0.1) is 0 Å². The highest BCUT2D eigenvalue weighted by molar-refractivity contribution is 5.90. The van der Waals surface area contributed by atoms with Gasteiger partial charge in [-0.25, -0.2) is 14.4 Å². The van der Waals surface area contributed by atoms with Gasteiger partial charge in [-0.3, -0.25) is 5.32 Å². The largest absolute Gasteiger partial charge is 0.479 e. The Morgan fingerprint density at radius 3 is 2.50 bits per heavy atom. The number of hydrogen-bond acceptors (Lipinski definition) is 7. The van der Waals surface area contributed by atoms with Gasteiger partial charge in [-0.1, -0.05) is 30.3 Å². The van der Waals surface area contributed by atoms with E-state index < -0.39 is 42.3 Å². The minimum absolute atomic E-state index is 0.450. The number of esters is 2. The van der Waals surface area contributed by atoms with Crippen molar-refractivity contribution < 1.29 is 29.0 Å². The zero-order chi connectivity index (χ0) is 19.1. The van der Waals surface area contributed by atoms with Gasteiger partial charge in [0.1, 0.15) is 18.3 Å². The molecule has 3 N–H and O–H groups in total. The summed E-state index contributed by atoms with van der Waals surface area (Å²) in [5.74, 6) is -2.46. The monoisotopic (exact) mass is 364 g/mol. The molecule has 0 spiro atoms. The van der Waals surface area contributed by atoms with Crippen LogP contribution in [0, 0.1) is 0 Å². The van der Waals surface area contributed by atoms with Gasteiger partial charge in [-0.05, 0) is 38.8 Å². The van der Waals surface area contributed by atoms with Crippen LogP contribution in [0.4, 0.5) is 0 Å². The zero-order valence-corrected chi connectivity index (χ0v) is 14.8. The lowest BCUT2D eigenvalue weighted by molar-refractivity contribution is -0.163. The van der Waals surface area contributed by atoms with Gasteiger partial charge in [-0.2, -0.15) is 0 Å². The van der Waals surface area contributed by atoms with Crippen molar-refractivity contribution in [3.8, 4) is 0 Å². The van der Waals surface area contributed by atoms with E-state index >= 15 is 0 Å². The van der Waals surface area contributed by atoms with Crippen molar-refractivity contribution in [2.75, 3.05) is 6.54 Å². The van der Waals surface area contributed by atoms with E-state index in [1.807, 2.05) is 0 Å². The van der Waals surface area contributed by atoms with E-state index in [0.717, 1.165) is 13.0 Å². The first-order valence-electron chi connectivity index (χ1n) is 8.56. The molecule has 0 amide bonds. The molecule has 1 aliphatic rings. The molecule has 1 fully saturated rings. The van der Waals surface area contributed by atoms with Gasteiger partial charge < -0.3 is 19.9 Å². The van der Waals surface area contributed by atoms with Crippen molar-refractivity contribution in [3.05, 3.63) is 35.9 Å². The third-order valence-corrected chi connectivity index (χ3v) is 4.05. The Kier molecular flexibility index (Phi) is 7.26. The molecule has 1 heterocycles. The van der Waals surface area contributed by atoms with Gasteiger partial charge in [0, 0.05) is 0 Å². The van der Waals surface area contributed by atoms with E-state index in [-0.39, 0.29) is 0 Å². The first-order valence-corrected chi connectivity index (χ1v) is 8.56. The molecular formula is C18H24N2O6. The maximum Gasteiger partial charge on any atom is 0.337 e. The molecule has 1 aromatic carbocycles. The number of benzene rings is 1. The number of carboxylic acids is 1. The number of carbonyl (C=O) groups is 3. The van der Waals surface area contributed by atoms with E-state index in [4.69, 9.17) is 9.47 Å². The number of carbonyl (C=O) groups excluding carboxylic acids is 2. The average molecular weight is 364 g/mol. The molecule has 3 unspecified atom stereocenters. The summed E-state index contributed by atoms with van der Waals surface area (Å²) in [6, 6.07) is 7.23. The summed E-state index contributed by atoms with van der Waals surface area (Å²) >= 11 is 0. The number of ether oxygens (including phenoxy) is 2. The minimum Gasteiger partial charge on any atom is -0.479 e. The first kappa shape index (κ1) is 20.0. The minimum atomic E-state index is -1.17. The fourth-order valence-electron chi connectivity index (χ4n) is 2.72. The molecule has 0 radical (unpaired) electrons. The van der Waals surface area contributed by atoms with Crippen LogP contribution in [-0.2, 0) is 23.9 Å². The van der Waals surface area contributed by atoms with Crippen LogP contribution < -0.4 is 10.6 Å². The van der Waals surface area contributed by atoms with Crippen molar-refractivity contribution in [1.82, 2.24) is 10.6 Å². The molecule has 0 aromatic heterocycles. The Balaban J connectivity index is 1.86. The SMILES string of the molecule is CC(NC(C)C(=O)OC(=O)[C@@H]1CCCN1)OC(C(=O)O)c1ccccc1. The van der Waals surface area contributed by atoms with Crippen molar-refractivity contribution in [1.29, 1.82) is 0 Å². The molecule has 1 aromatic rings. The van der Waals surface area contributed by atoms with Crippen molar-refractivity contribution >= 4 is 17.9 Å². The molecule has 8 nitrogen and oxygen atoms in total. The summed E-state index contributed by atoms with van der Waals surface area (Å²) in [7, 11) is 0. The molecule has 0 saturated carbocycles. The molecule has 4 atom stereocenters. The third-order valence-electron chi connectivity index (χ3n) is 4.05. The van der Waals surface area contributed by atoms with Crippen LogP contribution in [-0.4, -0.2) is 47.9 Å². The number of rotatable bonds is 8. The topological polar surface area (TPSA) is 114 Å². The second-order valence-electron chi connectivity index (χ2n) is 6.18. The lowest BCUT2D eigenvalue weighted by atomic mass is 10.1. The van der Waals surface area contributed by atoms with Crippen LogP contribution in [0.5, 0.6) is 0 Å². The van der Waals surface area contributed by atoms with Crippen molar-refractivity contribution in [3.63, 3.8) is 0 Å². The molecule has 26 heavy (non-hydrogen) atoms. The van der Waals surface area contributed by atoms with E-state index in [1.165, 1.54) is 6.92 Å². The highest BCUT2D eigenvalue weighted by Gasteiger charge is 2.29. The van der Waals surface area contributed by atoms with Gasteiger partial charge in [0.25, 0.3) is 0 Å². The van der Waals surface area contributed by atoms with Crippen molar-refractivity contribution in [2.24, 2.45) is 0 Å². The van der Waals surface area contributed by atoms with Crippen molar-refractivity contribution in [2.45, 2.75) is 51.1 Å². The Hall–Kier alpha value is -2.29. The summed E-state index contributed by atoms with van der Waals surface area (Å²) in [5.41, 5.74) is 0.492. The number of nitrogens with one attached hydrogen (secondary N) is 2. The smallest absolute Gasteiger partial charge is 0.337 e. The van der Waals surface area contributed by atoms with Gasteiger partial charge in [0.15, 0.2) is 6.10 Å². The highest BCUT2D eigenvalue weighted by Crippen LogP contribution is 2.19. The van der Waals surface area contributed by atoms with Crippen LogP contribution in [0.3, 0.4) is 0 Å². The maximum absolute atomic E-state index is 12.0. The van der Waals surface area contributed by atoms with Crippen LogP contribution in [0.15, 0.2) is 30.3 Å². The molecule has 1 aliphatic heterocycles. The second kappa shape index (κ2) is 9.42. The molecule has 2 rings (SSSR count). The van der Waals surface area contributed by atoms with Gasteiger partial charge in [0.05, 0.1) is 0 Å². The molecule has 0 aliphatic carbocycles. The summed E-state index contributed by atoms with van der Waals surface area (Å²) in [6.45, 7) is 3.83. The molecule has 142 valence electrons. The maximum atomic E-state index is 12.0. The summed E-state index contributed by atoms with van der Waals surface area (Å²) < 4.78 is 10.4. The Labute approximate surface area is 151 Å². The quantitative estimate of drug-likeness (QED) is 0.355. The predicted octanol–water partition coefficient (Wildman–Crippen LogP) is 0.975. The first-order chi connectivity index (χ1) is 12.4. The highest BCUT2D eigenvalue weighted by atomic mass is 16.6. The third kappa shape index (κ3) is 5.62. The lowest BCUT2D eigenvalue weighted by Gasteiger charge is -2.23. The summed E-state index contributed by atoms with van der Waals surface area (Å²) in [6.07, 6.45) is -0.419. The molecule has 0 bridgehead atoms. The van der Waals surface area contributed by atoms with E-state index in [9.17, 15) is 19.5 Å². The lowest BCUT2D eigenvalue weighted by Crippen LogP contribution is -2.45. The standard InChI is InChI=1S/C18H24N2O6/c1-11(17(23)26-18(24)14-9-6-10-19-14)20-12(2)25-15(16(21)22)13-7-4-3-5-8-13/h3-5,7-8,11-12,14-15,19-20H,6,9-10H2,1-2H3,(H,21,22)/t11?,12?,14-,15?/m0/s1. The summed E-state index contributed by atoms with van der Waals surface area (Å²) in [5, 5.41) is 15.1. The van der Waals surface area contributed by atoms with Crippen LogP contribution >= 0.6 is 0 Å². The fourth-order valence-corrected chi connectivity index (χ4v) is 2.72. The van der Waals surface area contributed by atoms with Crippen LogP contribution in [0.2, 0.25) is 0 Å². The Morgan fingerprint density at radius 1 is 1.23 bits per heavy atom. The van der Waals surface area contributed by atoms with E-state index in [1.54, 1.807) is 37.3 Å². The Morgan fingerprint density at radius 2 is 1.92 bits per heavy atom. The van der Waals surface area contributed by atoms with E-state index in [0.29, 0.717) is 12.0 Å². The number of aliphatic carboxylic acids is 1.